The molecular weight excluding hydrogens is 444 g/mol. The van der Waals surface area contributed by atoms with Crippen LogP contribution in [-0.2, 0) is 15.5 Å². The Morgan fingerprint density at radius 2 is 1.97 bits per heavy atom. The molecule has 2 amide bonds. The van der Waals surface area contributed by atoms with Gasteiger partial charge in [-0.3, -0.25) is 9.78 Å². The van der Waals surface area contributed by atoms with Crippen molar-refractivity contribution in [3.05, 3.63) is 47.8 Å². The zero-order valence-electron chi connectivity index (χ0n) is 19.8. The molecule has 0 aliphatic carbocycles. The number of aromatic nitrogens is 1. The average molecular weight is 476 g/mol. The van der Waals surface area contributed by atoms with E-state index in [4.69, 9.17) is 9.84 Å². The van der Waals surface area contributed by atoms with E-state index in [-0.39, 0.29) is 17.5 Å². The highest BCUT2D eigenvalue weighted by atomic mass is 19.3. The Bertz CT molecular complexity index is 1050. The van der Waals surface area contributed by atoms with Gasteiger partial charge >= 0.3 is 6.09 Å². The second-order valence-electron chi connectivity index (χ2n) is 9.61. The van der Waals surface area contributed by atoms with Crippen LogP contribution in [0, 0.1) is 5.92 Å². The van der Waals surface area contributed by atoms with Crippen LogP contribution in [0.15, 0.2) is 36.5 Å². The van der Waals surface area contributed by atoms with Crippen LogP contribution < -0.4 is 10.6 Å². The van der Waals surface area contributed by atoms with Gasteiger partial charge in [0.1, 0.15) is 12.2 Å². The Labute approximate surface area is 197 Å². The average Bonchev–Trinajstić information content (AvgIpc) is 2.76. The van der Waals surface area contributed by atoms with Crippen LogP contribution in [0.1, 0.15) is 64.3 Å². The SMILES string of the molecule is C[C@@H]1CCC[C@H](NC(=O)OC(C)(C)C)c2cc(ccn2)-c2ccc(C(F)(F)CO)cc2NC1=O. The van der Waals surface area contributed by atoms with Crippen LogP contribution in [0.3, 0.4) is 0 Å². The first-order chi connectivity index (χ1) is 15.9. The lowest BCUT2D eigenvalue weighted by molar-refractivity contribution is -0.119. The molecule has 3 N–H and O–H groups in total. The Balaban J connectivity index is 2.06. The quantitative estimate of drug-likeness (QED) is 0.570. The molecule has 0 spiro atoms. The molecule has 3 rings (SSSR count). The number of ether oxygens (including phenoxy) is 1. The van der Waals surface area contributed by atoms with Crippen molar-refractivity contribution in [2.24, 2.45) is 5.92 Å². The summed E-state index contributed by atoms with van der Waals surface area (Å²) in [5.74, 6) is -4.12. The van der Waals surface area contributed by atoms with E-state index in [1.165, 1.54) is 18.2 Å². The van der Waals surface area contributed by atoms with Crippen molar-refractivity contribution < 1.29 is 28.2 Å². The minimum Gasteiger partial charge on any atom is -0.444 e. The lowest BCUT2D eigenvalue weighted by atomic mass is 9.94. The van der Waals surface area contributed by atoms with E-state index in [0.717, 1.165) is 0 Å². The Kier molecular flexibility index (Phi) is 7.55. The van der Waals surface area contributed by atoms with Gasteiger partial charge in [-0.25, -0.2) is 4.79 Å². The van der Waals surface area contributed by atoms with E-state index >= 15 is 0 Å². The van der Waals surface area contributed by atoms with Gasteiger partial charge in [-0.2, -0.15) is 8.78 Å². The number of fused-ring (bicyclic) bond motifs is 4. The van der Waals surface area contributed by atoms with Crippen molar-refractivity contribution in [2.75, 3.05) is 11.9 Å². The minimum absolute atomic E-state index is 0.219. The smallest absolute Gasteiger partial charge is 0.408 e. The Morgan fingerprint density at radius 3 is 2.65 bits per heavy atom. The molecule has 0 saturated carbocycles. The molecule has 1 aromatic heterocycles. The molecule has 0 unspecified atom stereocenters. The summed E-state index contributed by atoms with van der Waals surface area (Å²) in [6.45, 7) is 5.75. The van der Waals surface area contributed by atoms with Crippen LogP contribution in [0.4, 0.5) is 19.3 Å². The number of halogens is 2. The number of alkyl halides is 2. The van der Waals surface area contributed by atoms with E-state index in [0.29, 0.717) is 36.1 Å². The predicted molar refractivity (Wildman–Crippen MR) is 124 cm³/mol. The summed E-state index contributed by atoms with van der Waals surface area (Å²) in [5, 5.41) is 14.7. The van der Waals surface area contributed by atoms with Crippen molar-refractivity contribution in [1.29, 1.82) is 0 Å². The first-order valence-corrected chi connectivity index (χ1v) is 11.3. The number of hydrogen-bond donors (Lipinski definition) is 3. The number of rotatable bonds is 3. The maximum Gasteiger partial charge on any atom is 0.408 e. The van der Waals surface area contributed by atoms with Crippen molar-refractivity contribution >= 4 is 17.7 Å². The van der Waals surface area contributed by atoms with Crippen LogP contribution in [0.2, 0.25) is 0 Å². The zero-order valence-corrected chi connectivity index (χ0v) is 19.8. The van der Waals surface area contributed by atoms with E-state index in [1.54, 1.807) is 46.0 Å². The molecule has 7 nitrogen and oxygen atoms in total. The number of aliphatic hydroxyl groups excluding tert-OH is 1. The van der Waals surface area contributed by atoms with E-state index in [1.807, 2.05) is 0 Å². The van der Waals surface area contributed by atoms with Crippen molar-refractivity contribution in [3.63, 3.8) is 0 Å². The largest absolute Gasteiger partial charge is 0.444 e. The summed E-state index contributed by atoms with van der Waals surface area (Å²) in [5.41, 5.74) is 0.926. The number of pyridine rings is 1. The Morgan fingerprint density at radius 1 is 1.24 bits per heavy atom. The lowest BCUT2D eigenvalue weighted by Gasteiger charge is -2.25. The highest BCUT2D eigenvalue weighted by Crippen LogP contribution is 2.36. The molecule has 1 aliphatic rings. The molecule has 9 heteroatoms. The van der Waals surface area contributed by atoms with Crippen LogP contribution in [-0.4, -0.2) is 34.3 Å². The predicted octanol–water partition coefficient (Wildman–Crippen LogP) is 5.16. The molecule has 0 radical (unpaired) electrons. The molecule has 1 aromatic carbocycles. The van der Waals surface area contributed by atoms with Gasteiger partial charge in [-0.05, 0) is 57.4 Å². The topological polar surface area (TPSA) is 101 Å². The molecule has 1 aliphatic heterocycles. The molecule has 0 fully saturated rings. The van der Waals surface area contributed by atoms with Gasteiger partial charge in [0.15, 0.2) is 0 Å². The molecule has 34 heavy (non-hydrogen) atoms. The van der Waals surface area contributed by atoms with Crippen molar-refractivity contribution in [2.45, 2.75) is 64.5 Å². The number of anilines is 1. The van der Waals surface area contributed by atoms with Crippen LogP contribution >= 0.6 is 0 Å². The molecule has 184 valence electrons. The van der Waals surface area contributed by atoms with Gasteiger partial charge in [0.2, 0.25) is 5.91 Å². The van der Waals surface area contributed by atoms with E-state index < -0.39 is 35.8 Å². The van der Waals surface area contributed by atoms with Crippen molar-refractivity contribution in [3.8, 4) is 11.1 Å². The molecule has 2 aromatic rings. The highest BCUT2D eigenvalue weighted by Gasteiger charge is 2.32. The fourth-order valence-electron chi connectivity index (χ4n) is 3.78. The number of alkyl carbamates (subject to hydrolysis) is 1. The molecule has 0 saturated heterocycles. The molecule has 2 bridgehead atoms. The fourth-order valence-corrected chi connectivity index (χ4v) is 3.78. The monoisotopic (exact) mass is 475 g/mol. The summed E-state index contributed by atoms with van der Waals surface area (Å²) in [6.07, 6.45) is 2.70. The third kappa shape index (κ3) is 6.28. The number of amides is 2. The van der Waals surface area contributed by atoms with Crippen LogP contribution in [0.25, 0.3) is 11.1 Å². The summed E-state index contributed by atoms with van der Waals surface area (Å²) < 4.78 is 33.7. The second kappa shape index (κ2) is 10.0. The summed E-state index contributed by atoms with van der Waals surface area (Å²) >= 11 is 0. The fraction of sp³-hybridized carbons (Fsp3) is 0.480. The number of carbonyl (C=O) groups excluding carboxylic acids is 2. The number of benzene rings is 1. The van der Waals surface area contributed by atoms with Gasteiger partial charge in [-0.15, -0.1) is 0 Å². The van der Waals surface area contributed by atoms with Gasteiger partial charge in [-0.1, -0.05) is 25.5 Å². The second-order valence-corrected chi connectivity index (χ2v) is 9.61. The zero-order chi connectivity index (χ0) is 25.1. The van der Waals surface area contributed by atoms with Gasteiger partial charge in [0, 0.05) is 28.9 Å². The number of nitrogens with zero attached hydrogens (tertiary/aromatic N) is 1. The number of nitrogens with one attached hydrogen (secondary N) is 2. The normalized spacial score (nSPS) is 19.2. The standard InChI is InChI=1S/C25H31F2N3O4/c1-15-6-5-7-19(30-23(33)34-24(2,3)4)21-12-16(10-11-28-21)18-9-8-17(25(26,27)14-31)13-20(18)29-22(15)32/h8-13,15,19,31H,5-7,14H2,1-4H3,(H,29,32)(H,30,33)/t15-,19+/m1/s1. The van der Waals surface area contributed by atoms with E-state index in [9.17, 15) is 18.4 Å². The van der Waals surface area contributed by atoms with Crippen LogP contribution in [0.5, 0.6) is 0 Å². The van der Waals surface area contributed by atoms with Gasteiger partial charge in [0.05, 0.1) is 11.7 Å². The number of aliphatic hydroxyl groups is 1. The summed E-state index contributed by atoms with van der Waals surface area (Å²) in [7, 11) is 0. The third-order valence-corrected chi connectivity index (χ3v) is 5.62. The highest BCUT2D eigenvalue weighted by molar-refractivity contribution is 5.96. The maximum atomic E-state index is 14.2. The summed E-state index contributed by atoms with van der Waals surface area (Å²) in [4.78, 5) is 29.7. The molecular formula is C25H31F2N3O4. The summed E-state index contributed by atoms with van der Waals surface area (Å²) in [6, 6.07) is 6.93. The van der Waals surface area contributed by atoms with Gasteiger partial charge < -0.3 is 20.5 Å². The first-order valence-electron chi connectivity index (χ1n) is 11.3. The number of carbonyl (C=O) groups is 2. The minimum atomic E-state index is -3.44. The molecule has 2 atom stereocenters. The number of hydrogen-bond acceptors (Lipinski definition) is 5. The van der Waals surface area contributed by atoms with E-state index in [2.05, 4.69) is 15.6 Å². The lowest BCUT2D eigenvalue weighted by Crippen LogP contribution is -2.35. The van der Waals surface area contributed by atoms with Gasteiger partial charge in [0.25, 0.3) is 5.92 Å². The van der Waals surface area contributed by atoms with Crippen molar-refractivity contribution in [1.82, 2.24) is 10.3 Å². The third-order valence-electron chi connectivity index (χ3n) is 5.62. The first kappa shape index (κ1) is 25.6. The Hall–Kier alpha value is -3.07. The maximum absolute atomic E-state index is 14.2. The molecule has 2 heterocycles.